The fourth-order valence-corrected chi connectivity index (χ4v) is 6.89. The maximum atomic E-state index is 14.6. The number of amidine groups is 1. The molecule has 35 heavy (non-hydrogen) atoms. The molecule has 0 bridgehead atoms. The predicted octanol–water partition coefficient (Wildman–Crippen LogP) is 7.31. The second-order valence-electron chi connectivity index (χ2n) is 9.75. The monoisotopic (exact) mass is 515 g/mol. The lowest BCUT2D eigenvalue weighted by Gasteiger charge is -2.30. The van der Waals surface area contributed by atoms with Crippen molar-refractivity contribution in [2.24, 2.45) is 4.99 Å². The van der Waals surface area contributed by atoms with Gasteiger partial charge in [-0.2, -0.15) is 0 Å². The van der Waals surface area contributed by atoms with Gasteiger partial charge in [-0.3, -0.25) is 4.21 Å². The number of benzene rings is 1. The van der Waals surface area contributed by atoms with Gasteiger partial charge in [0.1, 0.15) is 12.0 Å². The average molecular weight is 516 g/mol. The van der Waals surface area contributed by atoms with Gasteiger partial charge in [-0.1, -0.05) is 48.3 Å². The van der Waals surface area contributed by atoms with Crippen molar-refractivity contribution in [1.82, 2.24) is 4.90 Å². The Balaban J connectivity index is 1.77. The van der Waals surface area contributed by atoms with Crippen molar-refractivity contribution < 1.29 is 13.2 Å². The number of hydrogen-bond acceptors (Lipinski definition) is 5. The van der Waals surface area contributed by atoms with Crippen LogP contribution in [0.15, 0.2) is 55.5 Å². The second-order valence-corrected chi connectivity index (χ2v) is 11.8. The molecule has 1 aromatic rings. The summed E-state index contributed by atoms with van der Waals surface area (Å²) < 4.78 is 37.3. The maximum Gasteiger partial charge on any atom is 0.136 e. The smallest absolute Gasteiger partial charge is 0.136 e. The molecule has 0 aromatic heterocycles. The van der Waals surface area contributed by atoms with E-state index < -0.39 is 17.3 Å². The largest absolute Gasteiger partial charge is 0.772 e. The standard InChI is InChI=1S/C28H37FN2O2S2/c1-5-20-14-19(4)23-10-8-18(3)28(31(27(23)30-17-20)12-7-13-35(32)33)34-26-16-24-22(9-11-25(24)29)15-21(26)6-2/h15-17,25H,5-14H2,1-4H3,(H,32,33)/p-1. The molecule has 2 heterocycles. The van der Waals surface area contributed by atoms with Gasteiger partial charge >= 0.3 is 0 Å². The van der Waals surface area contributed by atoms with E-state index in [2.05, 4.69) is 44.7 Å². The van der Waals surface area contributed by atoms with Crippen LogP contribution in [0.25, 0.3) is 0 Å². The summed E-state index contributed by atoms with van der Waals surface area (Å²) in [6.45, 7) is 9.27. The molecular weight excluding hydrogens is 479 g/mol. The molecule has 0 fully saturated rings. The van der Waals surface area contributed by atoms with E-state index in [0.717, 1.165) is 65.4 Å². The summed E-state index contributed by atoms with van der Waals surface area (Å²) in [6.07, 6.45) is 7.67. The van der Waals surface area contributed by atoms with Gasteiger partial charge in [-0.15, -0.1) is 0 Å². The molecule has 0 saturated carbocycles. The Morgan fingerprint density at radius 3 is 2.69 bits per heavy atom. The topological polar surface area (TPSA) is 55.7 Å². The summed E-state index contributed by atoms with van der Waals surface area (Å²) in [5.41, 5.74) is 8.43. The minimum atomic E-state index is -2.07. The molecule has 2 atom stereocenters. The highest BCUT2D eigenvalue weighted by Crippen LogP contribution is 2.44. The average Bonchev–Trinajstić information content (AvgIpc) is 3.03. The number of aryl methyl sites for hydroxylation is 2. The highest BCUT2D eigenvalue weighted by Gasteiger charge is 2.29. The molecule has 7 heteroatoms. The van der Waals surface area contributed by atoms with E-state index in [4.69, 9.17) is 4.99 Å². The van der Waals surface area contributed by atoms with Gasteiger partial charge in [0.15, 0.2) is 0 Å². The quantitative estimate of drug-likeness (QED) is 0.341. The van der Waals surface area contributed by atoms with Crippen molar-refractivity contribution in [3.05, 3.63) is 62.3 Å². The van der Waals surface area contributed by atoms with Crippen LogP contribution in [-0.2, 0) is 23.9 Å². The summed E-state index contributed by atoms with van der Waals surface area (Å²) in [5.74, 6) is 1.07. The summed E-state index contributed by atoms with van der Waals surface area (Å²) in [5, 5.41) is 1.11. The zero-order valence-electron chi connectivity index (χ0n) is 21.3. The molecule has 0 saturated heterocycles. The lowest BCUT2D eigenvalue weighted by Crippen LogP contribution is -2.32. The van der Waals surface area contributed by atoms with Crippen molar-refractivity contribution in [3.8, 4) is 0 Å². The SMILES string of the molecule is CCC1=CN=C2C(=C(C)C1)CCC(C)=C(Sc1cc3c(cc1CC)CCC3F)N2CCCS(=O)[O-]. The number of allylic oxidation sites excluding steroid dienone is 3. The zero-order chi connectivity index (χ0) is 25.1. The molecule has 0 amide bonds. The first-order chi connectivity index (χ1) is 16.8. The van der Waals surface area contributed by atoms with Crippen LogP contribution in [0, 0.1) is 0 Å². The van der Waals surface area contributed by atoms with Crippen LogP contribution in [-0.4, -0.2) is 31.8 Å². The van der Waals surface area contributed by atoms with Crippen molar-refractivity contribution in [1.29, 1.82) is 0 Å². The first-order valence-corrected chi connectivity index (χ1v) is 14.8. The number of halogens is 1. The Labute approximate surface area is 216 Å². The van der Waals surface area contributed by atoms with Crippen molar-refractivity contribution in [2.75, 3.05) is 12.3 Å². The highest BCUT2D eigenvalue weighted by atomic mass is 32.2. The van der Waals surface area contributed by atoms with Crippen molar-refractivity contribution in [2.45, 2.75) is 90.1 Å². The van der Waals surface area contributed by atoms with Crippen LogP contribution < -0.4 is 0 Å². The number of fused-ring (bicyclic) bond motifs is 2. The summed E-state index contributed by atoms with van der Waals surface area (Å²) in [7, 11) is 0. The third kappa shape index (κ3) is 5.83. The van der Waals surface area contributed by atoms with E-state index in [1.807, 2.05) is 6.20 Å². The van der Waals surface area contributed by atoms with E-state index in [1.54, 1.807) is 11.8 Å². The molecule has 0 spiro atoms. The molecule has 190 valence electrons. The minimum Gasteiger partial charge on any atom is -0.772 e. The maximum absolute atomic E-state index is 14.6. The van der Waals surface area contributed by atoms with Gasteiger partial charge in [0, 0.05) is 23.4 Å². The normalized spacial score (nSPS) is 21.3. The Kier molecular flexibility index (Phi) is 8.71. The molecule has 4 rings (SSSR count). The molecule has 4 nitrogen and oxygen atoms in total. The van der Waals surface area contributed by atoms with Crippen molar-refractivity contribution in [3.63, 3.8) is 0 Å². The number of thioether (sulfide) groups is 1. The fourth-order valence-electron chi connectivity index (χ4n) is 5.24. The molecule has 1 aromatic carbocycles. The Morgan fingerprint density at radius 1 is 1.17 bits per heavy atom. The summed E-state index contributed by atoms with van der Waals surface area (Å²) in [6, 6.07) is 4.27. The van der Waals surface area contributed by atoms with E-state index in [-0.39, 0.29) is 5.75 Å². The molecule has 0 radical (unpaired) electrons. The fraction of sp³-hybridized carbons (Fsp3) is 0.536. The minimum absolute atomic E-state index is 0.122. The summed E-state index contributed by atoms with van der Waals surface area (Å²) in [4.78, 5) is 8.33. The third-order valence-corrected chi connectivity index (χ3v) is 9.31. The molecule has 3 aliphatic rings. The van der Waals surface area contributed by atoms with Crippen LogP contribution >= 0.6 is 11.8 Å². The molecular formula is C28H36FN2O2S2-. The Morgan fingerprint density at radius 2 is 1.97 bits per heavy atom. The number of rotatable bonds is 8. The second kappa shape index (κ2) is 11.6. The molecule has 2 aliphatic heterocycles. The first kappa shape index (κ1) is 26.4. The van der Waals surface area contributed by atoms with E-state index >= 15 is 0 Å². The Bertz CT molecular complexity index is 1140. The Hall–Kier alpha value is -1.70. The number of nitrogens with zero attached hydrogens (tertiary/aromatic N) is 2. The summed E-state index contributed by atoms with van der Waals surface area (Å²) >= 11 is -0.370. The molecule has 2 unspecified atom stereocenters. The van der Waals surface area contributed by atoms with Crippen LogP contribution in [0.3, 0.4) is 0 Å². The molecule has 1 aliphatic carbocycles. The third-order valence-electron chi connectivity index (χ3n) is 7.32. The number of aliphatic imine (C=N–C) groups is 1. The lowest BCUT2D eigenvalue weighted by atomic mass is 9.97. The van der Waals surface area contributed by atoms with Gasteiger partial charge in [-0.25, -0.2) is 9.38 Å². The van der Waals surface area contributed by atoms with Gasteiger partial charge in [0.25, 0.3) is 0 Å². The van der Waals surface area contributed by atoms with Crippen LogP contribution in [0.4, 0.5) is 4.39 Å². The predicted molar refractivity (Wildman–Crippen MR) is 144 cm³/mol. The van der Waals surface area contributed by atoms with Crippen LogP contribution in [0.5, 0.6) is 0 Å². The number of hydrogen-bond donors (Lipinski definition) is 0. The first-order valence-electron chi connectivity index (χ1n) is 12.8. The van der Waals surface area contributed by atoms with Gasteiger partial charge < -0.3 is 9.45 Å². The molecule has 0 N–H and O–H groups in total. The van der Waals surface area contributed by atoms with Crippen molar-refractivity contribution >= 4 is 28.7 Å². The van der Waals surface area contributed by atoms with E-state index in [0.29, 0.717) is 19.4 Å². The number of alkyl halides is 1. The zero-order valence-corrected chi connectivity index (χ0v) is 22.9. The van der Waals surface area contributed by atoms with E-state index in [1.165, 1.54) is 27.9 Å². The van der Waals surface area contributed by atoms with E-state index in [9.17, 15) is 13.2 Å². The lowest BCUT2D eigenvalue weighted by molar-refractivity contribution is 0.343. The van der Waals surface area contributed by atoms with Gasteiger partial charge in [-0.05, 0) is 105 Å². The van der Waals surface area contributed by atoms with Crippen LogP contribution in [0.1, 0.15) is 89.1 Å². The van der Waals surface area contributed by atoms with Crippen LogP contribution in [0.2, 0.25) is 0 Å². The highest BCUT2D eigenvalue weighted by molar-refractivity contribution is 8.03. The van der Waals surface area contributed by atoms with Gasteiger partial charge in [0.05, 0.1) is 5.03 Å². The van der Waals surface area contributed by atoms with Gasteiger partial charge in [0.2, 0.25) is 0 Å².